The number of hydrogen-bond acceptors (Lipinski definition) is 2. The van der Waals surface area contributed by atoms with Gasteiger partial charge in [-0.25, -0.2) is 9.97 Å². The normalized spacial score (nSPS) is 12.9. The molecule has 0 amide bonds. The highest BCUT2D eigenvalue weighted by atomic mass is 14.9. The van der Waals surface area contributed by atoms with Gasteiger partial charge < -0.3 is 0 Å². The first-order valence-electron chi connectivity index (χ1n) is 18.3. The molecule has 0 bridgehead atoms. The fourth-order valence-electron chi connectivity index (χ4n) is 8.43. The van der Waals surface area contributed by atoms with Gasteiger partial charge in [-0.15, -0.1) is 0 Å². The Labute approximate surface area is 310 Å². The van der Waals surface area contributed by atoms with Crippen LogP contribution in [0.5, 0.6) is 0 Å². The highest BCUT2D eigenvalue weighted by molar-refractivity contribution is 6.05. The minimum absolute atomic E-state index is 0.00581. The number of hydrogen-bond donors (Lipinski definition) is 0. The summed E-state index contributed by atoms with van der Waals surface area (Å²) in [4.78, 5) is 10.4. The molecule has 0 fully saturated rings. The van der Waals surface area contributed by atoms with Gasteiger partial charge in [0.05, 0.1) is 11.4 Å². The van der Waals surface area contributed by atoms with Crippen molar-refractivity contribution in [3.63, 3.8) is 0 Å². The van der Waals surface area contributed by atoms with Gasteiger partial charge in [0.1, 0.15) is 0 Å². The van der Waals surface area contributed by atoms with Gasteiger partial charge in [0, 0.05) is 22.1 Å². The summed E-state index contributed by atoms with van der Waals surface area (Å²) < 4.78 is 0. The van der Waals surface area contributed by atoms with Crippen LogP contribution in [0.3, 0.4) is 0 Å². The fourth-order valence-corrected chi connectivity index (χ4v) is 8.43. The first-order chi connectivity index (χ1) is 26.0. The van der Waals surface area contributed by atoms with Gasteiger partial charge >= 0.3 is 0 Å². The molecule has 2 heteroatoms. The molecule has 1 aliphatic carbocycles. The maximum absolute atomic E-state index is 5.23. The Morgan fingerprint density at radius 2 is 0.887 bits per heavy atom. The van der Waals surface area contributed by atoms with Crippen LogP contribution in [-0.4, -0.2) is 9.97 Å². The second-order valence-electron chi connectivity index (χ2n) is 14.6. The maximum Gasteiger partial charge on any atom is 0.160 e. The van der Waals surface area contributed by atoms with Gasteiger partial charge in [-0.3, -0.25) is 0 Å². The summed E-state index contributed by atoms with van der Waals surface area (Å²) in [6.45, 7) is 4.67. The Bertz CT molecular complexity index is 2860. The van der Waals surface area contributed by atoms with E-state index in [4.69, 9.17) is 9.97 Å². The Kier molecular flexibility index (Phi) is 7.19. The molecule has 10 rings (SSSR count). The molecule has 0 saturated carbocycles. The van der Waals surface area contributed by atoms with E-state index >= 15 is 0 Å². The van der Waals surface area contributed by atoms with Crippen LogP contribution in [-0.2, 0) is 5.41 Å². The number of aromatic nitrogens is 2. The summed E-state index contributed by atoms with van der Waals surface area (Å²) in [7, 11) is 0. The Hall–Kier alpha value is -6.64. The molecule has 53 heavy (non-hydrogen) atoms. The van der Waals surface area contributed by atoms with Crippen LogP contribution in [0.15, 0.2) is 182 Å². The van der Waals surface area contributed by atoms with E-state index in [1.54, 1.807) is 0 Å². The average Bonchev–Trinajstić information content (AvgIpc) is 3.45. The largest absolute Gasteiger partial charge is 0.228 e. The third-order valence-electron chi connectivity index (χ3n) is 11.1. The molecule has 1 aromatic heterocycles. The molecule has 0 saturated heterocycles. The van der Waals surface area contributed by atoms with Crippen molar-refractivity contribution in [1.29, 1.82) is 0 Å². The Morgan fingerprint density at radius 1 is 0.340 bits per heavy atom. The van der Waals surface area contributed by atoms with E-state index in [9.17, 15) is 0 Å². The Morgan fingerprint density at radius 3 is 1.72 bits per heavy atom. The predicted molar refractivity (Wildman–Crippen MR) is 222 cm³/mol. The topological polar surface area (TPSA) is 25.8 Å². The lowest BCUT2D eigenvalue weighted by Crippen LogP contribution is -2.14. The summed E-state index contributed by atoms with van der Waals surface area (Å²) in [6.07, 6.45) is 0. The Balaban J connectivity index is 1.11. The van der Waals surface area contributed by atoms with Crippen molar-refractivity contribution in [2.24, 2.45) is 0 Å². The molecule has 250 valence electrons. The molecule has 8 aromatic carbocycles. The van der Waals surface area contributed by atoms with Gasteiger partial charge in [0.25, 0.3) is 0 Å². The number of benzene rings is 8. The van der Waals surface area contributed by atoms with E-state index in [0.717, 1.165) is 33.5 Å². The van der Waals surface area contributed by atoms with Crippen molar-refractivity contribution in [2.45, 2.75) is 19.3 Å². The summed E-state index contributed by atoms with van der Waals surface area (Å²) in [6, 6.07) is 65.5. The summed E-state index contributed by atoms with van der Waals surface area (Å²) in [5, 5.41) is 4.72. The monoisotopic (exact) mass is 676 g/mol. The minimum Gasteiger partial charge on any atom is -0.228 e. The quantitative estimate of drug-likeness (QED) is 0.181. The molecular formula is C51H36N2. The van der Waals surface area contributed by atoms with E-state index in [2.05, 4.69) is 178 Å². The van der Waals surface area contributed by atoms with Crippen molar-refractivity contribution >= 4 is 21.5 Å². The van der Waals surface area contributed by atoms with E-state index < -0.39 is 0 Å². The zero-order chi connectivity index (χ0) is 35.5. The molecule has 0 spiro atoms. The highest BCUT2D eigenvalue weighted by Gasteiger charge is 2.35. The number of fused-ring (bicyclic) bond motifs is 5. The van der Waals surface area contributed by atoms with Gasteiger partial charge in [0.15, 0.2) is 5.82 Å². The van der Waals surface area contributed by atoms with E-state index in [1.165, 1.54) is 60.7 Å². The zero-order valence-electron chi connectivity index (χ0n) is 29.7. The van der Waals surface area contributed by atoms with Gasteiger partial charge in [-0.05, 0) is 84.3 Å². The standard InChI is InChI=1S/C51H36N2/c1-51(2)46-25-11-10-23-42(46)45-31-36(26-29-47(45)51)35-18-12-19-37(30-35)39-27-28-44(41-22-9-8-21-40(39)41)49-32-48(52-50(53-49)34-15-4-3-5-16-34)43-24-13-17-33-14-6-7-20-38(33)43/h3-32H,1-2H3. The molecule has 0 radical (unpaired) electrons. The highest BCUT2D eigenvalue weighted by Crippen LogP contribution is 2.49. The zero-order valence-corrected chi connectivity index (χ0v) is 29.7. The molecule has 0 atom stereocenters. The first-order valence-corrected chi connectivity index (χ1v) is 18.3. The molecular weight excluding hydrogens is 641 g/mol. The smallest absolute Gasteiger partial charge is 0.160 e. The summed E-state index contributed by atoms with van der Waals surface area (Å²) >= 11 is 0. The molecule has 0 aliphatic heterocycles. The van der Waals surface area contributed by atoms with Crippen LogP contribution < -0.4 is 0 Å². The lowest BCUT2D eigenvalue weighted by molar-refractivity contribution is 0.660. The molecule has 0 N–H and O–H groups in total. The molecule has 2 nitrogen and oxygen atoms in total. The SMILES string of the molecule is CC1(C)c2ccccc2-c2cc(-c3cccc(-c4ccc(-c5cc(-c6cccc7ccccc67)nc(-c6ccccc6)n5)c5ccccc45)c3)ccc21. The average molecular weight is 677 g/mol. The van der Waals surface area contributed by atoms with Gasteiger partial charge in [0.2, 0.25) is 0 Å². The van der Waals surface area contributed by atoms with Crippen LogP contribution in [0.1, 0.15) is 25.0 Å². The van der Waals surface area contributed by atoms with E-state index in [0.29, 0.717) is 5.82 Å². The molecule has 1 heterocycles. The first kappa shape index (κ1) is 31.1. The van der Waals surface area contributed by atoms with Crippen molar-refractivity contribution < 1.29 is 0 Å². The maximum atomic E-state index is 5.23. The minimum atomic E-state index is -0.00581. The molecule has 9 aromatic rings. The van der Waals surface area contributed by atoms with Crippen LogP contribution in [0.4, 0.5) is 0 Å². The van der Waals surface area contributed by atoms with Crippen LogP contribution in [0.25, 0.3) is 88.8 Å². The second-order valence-corrected chi connectivity index (χ2v) is 14.6. The summed E-state index contributed by atoms with van der Waals surface area (Å²) in [5.74, 6) is 0.715. The molecule has 0 unspecified atom stereocenters. The second kappa shape index (κ2) is 12.3. The van der Waals surface area contributed by atoms with E-state index in [1.807, 2.05) is 18.2 Å². The van der Waals surface area contributed by atoms with Crippen LogP contribution in [0.2, 0.25) is 0 Å². The number of nitrogens with zero attached hydrogens (tertiary/aromatic N) is 2. The van der Waals surface area contributed by atoms with E-state index in [-0.39, 0.29) is 5.41 Å². The van der Waals surface area contributed by atoms with Crippen LogP contribution in [0, 0.1) is 0 Å². The van der Waals surface area contributed by atoms with Crippen molar-refractivity contribution in [1.82, 2.24) is 9.97 Å². The lowest BCUT2D eigenvalue weighted by Gasteiger charge is -2.21. The fraction of sp³-hybridized carbons (Fsp3) is 0.0588. The van der Waals surface area contributed by atoms with Gasteiger partial charge in [-0.2, -0.15) is 0 Å². The van der Waals surface area contributed by atoms with Crippen molar-refractivity contribution in [3.05, 3.63) is 193 Å². The van der Waals surface area contributed by atoms with Crippen molar-refractivity contribution in [3.8, 4) is 67.3 Å². The van der Waals surface area contributed by atoms with Crippen molar-refractivity contribution in [2.75, 3.05) is 0 Å². The summed E-state index contributed by atoms with van der Waals surface area (Å²) in [5.41, 5.74) is 15.3. The third kappa shape index (κ3) is 5.18. The third-order valence-corrected chi connectivity index (χ3v) is 11.1. The van der Waals surface area contributed by atoms with Gasteiger partial charge in [-0.1, -0.05) is 178 Å². The van der Waals surface area contributed by atoms with Crippen LogP contribution >= 0.6 is 0 Å². The predicted octanol–water partition coefficient (Wildman–Crippen LogP) is 13.4. The molecule has 1 aliphatic rings. The lowest BCUT2D eigenvalue weighted by atomic mass is 9.82. The number of rotatable bonds is 5.